The number of carbonyl (C=O) groups is 11. The van der Waals surface area contributed by atoms with Gasteiger partial charge in [0.05, 0.1) is 40.3 Å². The number of rotatable bonds is 40. The normalized spacial score (nSPS) is 21.3. The molecule has 138 heavy (non-hydrogen) atoms. The summed E-state index contributed by atoms with van der Waals surface area (Å²) in [4.78, 5) is 155. The summed E-state index contributed by atoms with van der Waals surface area (Å²) < 4.78 is 35.3. The first kappa shape index (κ1) is 129. The third-order valence-corrected chi connectivity index (χ3v) is 31.7. The van der Waals surface area contributed by atoms with Crippen LogP contribution < -0.4 is 5.32 Å². The zero-order valence-electron chi connectivity index (χ0n) is 93.2. The van der Waals surface area contributed by atoms with E-state index in [4.69, 9.17) is 43.8 Å². The summed E-state index contributed by atoms with van der Waals surface area (Å²) in [7, 11) is 2.16. The van der Waals surface area contributed by atoms with E-state index < -0.39 is 98.8 Å². The van der Waals surface area contributed by atoms with E-state index in [0.29, 0.717) is 111 Å². The van der Waals surface area contributed by atoms with Crippen LogP contribution in [0.15, 0.2) is 34.0 Å². The number of aromatic nitrogens is 1. The summed E-state index contributed by atoms with van der Waals surface area (Å²) in [6.07, 6.45) is 10.5. The molecule has 0 aromatic carbocycles. The number of likely N-dealkylation sites (tertiary alicyclic amines) is 1. The van der Waals surface area contributed by atoms with Gasteiger partial charge in [-0.2, -0.15) is 0 Å². The van der Waals surface area contributed by atoms with Crippen LogP contribution in [0.2, 0.25) is 0 Å². The predicted octanol–water partition coefficient (Wildman–Crippen LogP) is 25.0. The molecule has 788 valence electrons. The van der Waals surface area contributed by atoms with Gasteiger partial charge in [-0.3, -0.25) is 43.3 Å². The Morgan fingerprint density at radius 1 is 0.565 bits per heavy atom. The van der Waals surface area contributed by atoms with E-state index >= 15 is 19.2 Å². The molecule has 2 aliphatic carbocycles. The number of amidine groups is 1. The van der Waals surface area contributed by atoms with Crippen LogP contribution >= 0.6 is 11.8 Å². The van der Waals surface area contributed by atoms with Gasteiger partial charge in [-0.25, -0.2) is 14.4 Å². The van der Waals surface area contributed by atoms with Gasteiger partial charge in [0.25, 0.3) is 0 Å². The Morgan fingerprint density at radius 3 is 1.34 bits per heavy atom. The Morgan fingerprint density at radius 2 is 0.971 bits per heavy atom. The van der Waals surface area contributed by atoms with Crippen molar-refractivity contribution in [1.29, 1.82) is 0 Å². The Kier molecular flexibility index (Phi) is 49.8. The topological polar surface area (TPSA) is 382 Å². The number of thioether (sulfide) groups is 1. The number of aliphatic imine (C=N–C) groups is 1. The molecule has 2 amide bonds. The number of carboxylic acids is 3. The molecule has 6 N–H and O–H groups in total. The number of allylic oxidation sites excluding steroid dienone is 1. The molecular formula is C110H188N5O21SZn-. The standard InChI is InChI=1S/C75H124N4O12S.C16H31NO2.C13H22O5.C6H12O2.Zn/c1-26-73(24,25)68(88)89-35-31-33-74(27-2,28-3)66(86)78-61-57(64(84)90-59-47(69(12,13)14)37-45(10)38-48(59)70(15,16)17)55(43(6)7)51(76-61)41-52-56(44(8)9)58(65(85)91-60-49(71(18,19)20)39-46(11)40-50(60)72(21,22)23)62(77-52)79-67(87)75(29-4,30-5)34-32-36-92-53(63(82)83)42-54(80)81;1-9-14(2,3)13(18)19-12-10-15(4,5)17(8)16(6,7)11-12;1-6-13(4,5)12(16)18-8-10(14)7-17-11(15)9(2)3;1-4-6(2,3)5(7)8;/h41,43-50,53,59-60H,26-40,42H2,1-25H3,(H5,76,77,78,79,80,81,82,83,84,85,86,87);12H,9-11H2,1-8H3;10,14H,2,6-8H2,1,3-5H3;4H2,1-3H3,(H,7,8);/p-1. The van der Waals surface area contributed by atoms with Crippen LogP contribution in [0.25, 0.3) is 11.4 Å². The number of anilines is 1. The van der Waals surface area contributed by atoms with Crippen LogP contribution in [-0.2, 0) is 95.8 Å². The van der Waals surface area contributed by atoms with Crippen LogP contribution in [0.3, 0.4) is 0 Å². The number of aromatic amines is 1. The summed E-state index contributed by atoms with van der Waals surface area (Å²) in [5.41, 5.74) is -2.59. The predicted molar refractivity (Wildman–Crippen MR) is 550 cm³/mol. The molecule has 6 unspecified atom stereocenters. The summed E-state index contributed by atoms with van der Waals surface area (Å²) in [6.45, 7) is 82.4. The van der Waals surface area contributed by atoms with Crippen LogP contribution in [-0.4, -0.2) is 175 Å². The van der Waals surface area contributed by atoms with Crippen molar-refractivity contribution in [3.05, 3.63) is 51.1 Å². The van der Waals surface area contributed by atoms with Crippen LogP contribution in [0.1, 0.15) is 420 Å². The van der Waals surface area contributed by atoms with Gasteiger partial charge < -0.3 is 69.5 Å². The average molecular weight is 2010 g/mol. The van der Waals surface area contributed by atoms with Gasteiger partial charge in [0.15, 0.2) is 5.91 Å². The Bertz CT molecular complexity index is 4270. The Hall–Kier alpha value is -6.77. The number of carbonyl (C=O) groups excluding carboxylic acids is 8. The Balaban J connectivity index is 0.00000167. The fourth-order valence-electron chi connectivity index (χ4n) is 18.5. The number of aliphatic hydroxyl groups excluding tert-OH is 1. The van der Waals surface area contributed by atoms with Crippen molar-refractivity contribution in [2.45, 2.75) is 439 Å². The molecular weight excluding hydrogens is 1820 g/mol. The molecule has 26 nitrogen and oxygen atoms in total. The number of ether oxygens (including phenoxy) is 6. The minimum absolute atomic E-state index is 0. The van der Waals surface area contributed by atoms with Gasteiger partial charge >= 0.3 is 53.7 Å². The first-order valence-electron chi connectivity index (χ1n) is 50.8. The van der Waals surface area contributed by atoms with Crippen molar-refractivity contribution < 1.29 is 121 Å². The third kappa shape index (κ3) is 36.5. The van der Waals surface area contributed by atoms with Gasteiger partial charge in [0.2, 0.25) is 5.91 Å². The van der Waals surface area contributed by atoms with E-state index in [9.17, 15) is 48.9 Å². The molecule has 4 aliphatic rings. The van der Waals surface area contributed by atoms with E-state index in [1.807, 2.05) is 111 Å². The Labute approximate surface area is 849 Å². The summed E-state index contributed by atoms with van der Waals surface area (Å²) in [6, 6.07) is 0. The smallest absolute Gasteiger partial charge is 0.342 e. The zero-order chi connectivity index (χ0) is 106. The van der Waals surface area contributed by atoms with E-state index in [-0.39, 0.29) is 171 Å². The maximum absolute atomic E-state index is 15.9. The summed E-state index contributed by atoms with van der Waals surface area (Å²) in [5, 5.41) is 44.5. The molecule has 0 bridgehead atoms. The summed E-state index contributed by atoms with van der Waals surface area (Å²) >= 11 is 1.04. The number of carboxylic acid groups (broad SMARTS) is 3. The molecule has 3 heterocycles. The molecule has 0 spiro atoms. The number of aliphatic carboxylic acids is 3. The second-order valence-electron chi connectivity index (χ2n) is 48.5. The SMILES string of the molecule is C=C(C)C(=O)OCC(O)COC(=O)C(C)(C)CC.CCC(C)(C)C(=O)O.CCC(C)(C)C(=O)OC1CC(C)(C)N(C)C(C)(C)C1.CCC(C)(C)C(=O)OCCCC(CC)(CC)C(=O)N=C1[N-]C(=Cc2[nH]c(NC(=O)C(CC)(CC)CCCSC(CC(=O)O)C(=O)O)c(C(=O)OC3C(C(C)(C)C)CC(C)CC3C(C)(C)C)c2C(C)C)C(C(C)C)=C1C(=O)OC1C(C(C)(C)C)CC(C)CC1C(C)(C)C.[Zn]. The van der Waals surface area contributed by atoms with Crippen molar-refractivity contribution in [3.63, 3.8) is 0 Å². The number of aliphatic hydroxyl groups is 1. The largest absolute Gasteiger partial charge is 0.481 e. The molecule has 5 rings (SSSR count). The molecule has 0 radical (unpaired) electrons. The van der Waals surface area contributed by atoms with Gasteiger partial charge in [0.1, 0.15) is 54.3 Å². The minimum atomic E-state index is -1.21. The number of piperidine rings is 1. The maximum atomic E-state index is 15.9. The average Bonchev–Trinajstić information content (AvgIpc) is 1.47. The van der Waals surface area contributed by atoms with Crippen molar-refractivity contribution >= 4 is 95.0 Å². The number of H-pyrrole nitrogens is 1. The molecule has 6 atom stereocenters. The molecule has 3 fully saturated rings. The van der Waals surface area contributed by atoms with Crippen molar-refractivity contribution in [1.82, 2.24) is 9.88 Å². The number of hydrogen-bond acceptors (Lipinski definition) is 20. The second-order valence-corrected chi connectivity index (χ2v) is 49.8. The van der Waals surface area contributed by atoms with Crippen LogP contribution in [0.5, 0.6) is 0 Å². The number of nitrogens with one attached hydrogen (secondary N) is 2. The van der Waals surface area contributed by atoms with E-state index in [2.05, 4.69) is 153 Å². The first-order valence-corrected chi connectivity index (χ1v) is 51.9. The van der Waals surface area contributed by atoms with Crippen LogP contribution in [0.4, 0.5) is 5.82 Å². The maximum Gasteiger partial charge on any atom is 0.342 e. The van der Waals surface area contributed by atoms with Gasteiger partial charge in [-0.1, -0.05) is 187 Å². The first-order chi connectivity index (χ1) is 62.4. The number of amides is 2. The quantitative estimate of drug-likeness (QED) is 0.0117. The molecule has 1 saturated heterocycles. The van der Waals surface area contributed by atoms with Crippen molar-refractivity contribution in [2.75, 3.05) is 37.9 Å². The zero-order valence-corrected chi connectivity index (χ0v) is 97.0. The monoisotopic (exact) mass is 2010 g/mol. The minimum Gasteiger partial charge on any atom is -0.481 e. The van der Waals surface area contributed by atoms with E-state index in [1.165, 1.54) is 6.92 Å². The second kappa shape index (κ2) is 53.2. The third-order valence-electron chi connectivity index (χ3n) is 30.4. The fraction of sp³-hybridized carbons (Fsp3) is 0.800. The molecule has 1 aromatic heterocycles. The molecule has 2 saturated carbocycles. The summed E-state index contributed by atoms with van der Waals surface area (Å²) in [5.74, 6) is -6.06. The van der Waals surface area contributed by atoms with Gasteiger partial charge in [-0.05, 0) is 280 Å². The number of nitrogens with zero attached hydrogens (tertiary/aromatic N) is 3. The van der Waals surface area contributed by atoms with E-state index in [1.54, 1.807) is 33.8 Å². The van der Waals surface area contributed by atoms with Gasteiger partial charge in [-0.15, -0.1) is 11.8 Å². The van der Waals surface area contributed by atoms with Crippen molar-refractivity contribution in [2.24, 2.45) is 101 Å². The number of hydrogen-bond donors (Lipinski definition) is 6. The molecule has 2 aliphatic heterocycles. The van der Waals surface area contributed by atoms with E-state index in [0.717, 1.165) is 56.7 Å². The van der Waals surface area contributed by atoms with Crippen molar-refractivity contribution in [3.8, 4) is 0 Å². The molecule has 28 heteroatoms. The van der Waals surface area contributed by atoms with Crippen LogP contribution in [0, 0.1) is 95.6 Å². The number of esters is 6. The molecule has 1 aromatic rings. The fourth-order valence-corrected chi connectivity index (χ4v) is 19.5. The van der Waals surface area contributed by atoms with Gasteiger partial charge in [0, 0.05) is 89.2 Å².